The molecular formula is C32H32Cl2S2SiZr-2. The van der Waals surface area contributed by atoms with Gasteiger partial charge >= 0.3 is 41.9 Å². The third kappa shape index (κ3) is 8.88. The number of hydrogen-bond acceptors (Lipinski definition) is 2. The molecule has 0 aliphatic heterocycles. The van der Waals surface area contributed by atoms with Crippen LogP contribution < -0.4 is 24.8 Å². The Morgan fingerprint density at radius 1 is 0.711 bits per heavy atom. The number of aryl methyl sites for hydroxylation is 2. The molecular weight excluding hydrogens is 639 g/mol. The number of hydrogen-bond donors (Lipinski definition) is 0. The third-order valence-corrected chi connectivity index (χ3v) is 7.86. The Labute approximate surface area is 263 Å². The quantitative estimate of drug-likeness (QED) is 0.225. The summed E-state index contributed by atoms with van der Waals surface area (Å²) in [6.45, 7) is 8.95. The van der Waals surface area contributed by atoms with Crippen molar-refractivity contribution in [2.75, 3.05) is 0 Å². The van der Waals surface area contributed by atoms with E-state index in [0.717, 1.165) is 0 Å². The van der Waals surface area contributed by atoms with E-state index in [1.54, 1.807) is 23.3 Å². The van der Waals surface area contributed by atoms with Gasteiger partial charge in [-0.3, -0.25) is 0 Å². The van der Waals surface area contributed by atoms with Crippen molar-refractivity contribution in [3.05, 3.63) is 139 Å². The molecule has 0 radical (unpaired) electrons. The molecule has 6 heteroatoms. The van der Waals surface area contributed by atoms with Crippen LogP contribution in [-0.4, -0.2) is 5.43 Å². The number of allylic oxidation sites excluding steroid dienone is 6. The summed E-state index contributed by atoms with van der Waals surface area (Å²) in [7, 11) is 0. The van der Waals surface area contributed by atoms with Crippen molar-refractivity contribution in [3.63, 3.8) is 0 Å². The van der Waals surface area contributed by atoms with Crippen LogP contribution in [0.3, 0.4) is 0 Å². The van der Waals surface area contributed by atoms with Gasteiger partial charge < -0.3 is 24.8 Å². The molecule has 0 fully saturated rings. The van der Waals surface area contributed by atoms with Gasteiger partial charge in [0.1, 0.15) is 0 Å². The van der Waals surface area contributed by atoms with Crippen LogP contribution in [0.2, 0.25) is 13.1 Å². The largest absolute Gasteiger partial charge is 1.00 e. The van der Waals surface area contributed by atoms with Crippen LogP contribution in [0.25, 0.3) is 12.2 Å². The number of thiophene rings is 2. The average molecular weight is 671 g/mol. The Bertz CT molecular complexity index is 1290. The fourth-order valence-electron chi connectivity index (χ4n) is 4.53. The van der Waals surface area contributed by atoms with Crippen molar-refractivity contribution >= 4 is 40.3 Å². The van der Waals surface area contributed by atoms with Crippen LogP contribution in [0.15, 0.2) is 95.7 Å². The van der Waals surface area contributed by atoms with Crippen molar-refractivity contribution in [2.45, 2.75) is 38.8 Å². The zero-order valence-electron chi connectivity index (χ0n) is 22.1. The predicted octanol–water partition coefficient (Wildman–Crippen LogP) is 3.77. The predicted molar refractivity (Wildman–Crippen MR) is 160 cm³/mol. The van der Waals surface area contributed by atoms with Gasteiger partial charge in [-0.15, -0.1) is 70.2 Å². The van der Waals surface area contributed by atoms with Crippen LogP contribution in [-0.2, 0) is 23.3 Å². The second kappa shape index (κ2) is 16.1. The summed E-state index contributed by atoms with van der Waals surface area (Å²) in [5.41, 5.74) is 8.51. The van der Waals surface area contributed by atoms with E-state index < -0.39 is 0 Å². The molecule has 0 saturated heterocycles. The minimum Gasteiger partial charge on any atom is -1.00 e. The first kappa shape index (κ1) is 32.9. The minimum atomic E-state index is 0. The van der Waals surface area contributed by atoms with Crippen molar-refractivity contribution in [3.8, 4) is 0 Å². The van der Waals surface area contributed by atoms with Gasteiger partial charge in [0.25, 0.3) is 0 Å². The minimum absolute atomic E-state index is 0. The summed E-state index contributed by atoms with van der Waals surface area (Å²) in [6, 6.07) is 17.8. The van der Waals surface area contributed by atoms with Gasteiger partial charge in [0, 0.05) is 9.75 Å². The molecule has 2 heterocycles. The second-order valence-corrected chi connectivity index (χ2v) is 20.7. The molecule has 196 valence electrons. The molecule has 4 aromatic rings. The molecule has 6 rings (SSSR count). The van der Waals surface area contributed by atoms with E-state index in [9.17, 15) is 0 Å². The van der Waals surface area contributed by atoms with Crippen LogP contribution in [0.1, 0.15) is 55.0 Å². The van der Waals surface area contributed by atoms with Gasteiger partial charge in [0.05, 0.1) is 0 Å². The first-order valence-corrected chi connectivity index (χ1v) is 20.2. The fourth-order valence-corrected chi connectivity index (χ4v) is 6.18. The van der Waals surface area contributed by atoms with E-state index in [1.807, 2.05) is 22.7 Å². The molecule has 0 spiro atoms. The standard InChI is InChI=1S/2C15H13S.C2H6Si.2ClH.Zr/c2*1-11-9-12-5-2-3-6-13(14(12)10-11)15-7-4-8-16-15;1-3-2;;;/h2*2-10,13H,1H3;1-2H3;2*1H;/q2*-1;;;;+2/p-2. The van der Waals surface area contributed by atoms with Crippen LogP contribution >= 0.6 is 22.7 Å². The molecule has 38 heavy (non-hydrogen) atoms. The molecule has 2 aromatic carbocycles. The third-order valence-electron chi connectivity index (χ3n) is 5.95. The van der Waals surface area contributed by atoms with Gasteiger partial charge in [-0.05, 0) is 34.7 Å². The van der Waals surface area contributed by atoms with Crippen molar-refractivity contribution in [2.24, 2.45) is 0 Å². The Balaban J connectivity index is 0.000000224. The maximum atomic E-state index is 2.31. The van der Waals surface area contributed by atoms with Crippen molar-refractivity contribution in [1.82, 2.24) is 0 Å². The molecule has 2 aliphatic carbocycles. The molecule has 0 bridgehead atoms. The molecule has 0 saturated carbocycles. The molecule has 0 N–H and O–H groups in total. The summed E-state index contributed by atoms with van der Waals surface area (Å²) in [5, 5.41) is 4.30. The Morgan fingerprint density at radius 2 is 1.11 bits per heavy atom. The fraction of sp³-hybridized carbons (Fsp3) is 0.188. The van der Waals surface area contributed by atoms with Gasteiger partial charge in [0.15, 0.2) is 0 Å². The molecule has 2 aromatic heterocycles. The number of fused-ring (bicyclic) bond motifs is 2. The summed E-state index contributed by atoms with van der Waals surface area (Å²) in [5.74, 6) is 0.859. The van der Waals surface area contributed by atoms with E-state index in [2.05, 4.69) is 135 Å². The molecule has 0 amide bonds. The maximum absolute atomic E-state index is 2.31. The average Bonchev–Trinajstić information content (AvgIpc) is 3.62. The van der Waals surface area contributed by atoms with Gasteiger partial charge in [-0.25, -0.2) is 0 Å². The maximum Gasteiger partial charge on any atom is 0.00625 e. The monoisotopic (exact) mass is 668 g/mol. The Kier molecular flexibility index (Phi) is 14.0. The number of rotatable bonds is 2. The summed E-state index contributed by atoms with van der Waals surface area (Å²) in [6.07, 6.45) is 17.5. The Hall–Kier alpha value is -1.26. The summed E-state index contributed by atoms with van der Waals surface area (Å²) < 4.78 is 0. The van der Waals surface area contributed by atoms with Crippen LogP contribution in [0, 0.1) is 13.8 Å². The van der Waals surface area contributed by atoms with E-state index >= 15 is 0 Å². The van der Waals surface area contributed by atoms with E-state index in [1.165, 1.54) is 43.1 Å². The molecule has 2 atom stereocenters. The molecule has 0 nitrogen and oxygen atoms in total. The molecule has 2 unspecified atom stereocenters. The first-order chi connectivity index (χ1) is 17.4. The van der Waals surface area contributed by atoms with Crippen LogP contribution in [0.5, 0.6) is 0 Å². The topological polar surface area (TPSA) is 0 Å². The summed E-state index contributed by atoms with van der Waals surface area (Å²) >= 11 is 5.40. The summed E-state index contributed by atoms with van der Waals surface area (Å²) in [4.78, 5) is 2.85. The van der Waals surface area contributed by atoms with Gasteiger partial charge in [-0.1, -0.05) is 50.3 Å². The van der Waals surface area contributed by atoms with E-state index in [-0.39, 0.29) is 30.2 Å². The normalized spacial score (nSPS) is 16.3. The number of halogens is 2. The smallest absolute Gasteiger partial charge is 0.00625 e. The van der Waals surface area contributed by atoms with E-state index in [4.69, 9.17) is 0 Å². The second-order valence-electron chi connectivity index (χ2n) is 9.36. The Morgan fingerprint density at radius 3 is 1.45 bits per heavy atom. The SMILES string of the molecule is C[Si](C)=[Zr+2].Cc1cc2c([cH-]1)C=CC=CC2c1cccs1.Cc1cc2c([cH-]1)C=CC=CC2c1cccs1.[Cl-].[Cl-]. The van der Waals surface area contributed by atoms with Gasteiger partial charge in [-0.2, -0.15) is 34.4 Å². The zero-order chi connectivity index (χ0) is 25.5. The first-order valence-electron chi connectivity index (χ1n) is 12.2. The van der Waals surface area contributed by atoms with Crippen molar-refractivity contribution < 1.29 is 48.1 Å². The van der Waals surface area contributed by atoms with Crippen LogP contribution in [0.4, 0.5) is 0 Å². The van der Waals surface area contributed by atoms with Crippen molar-refractivity contribution in [1.29, 1.82) is 0 Å². The zero-order valence-corrected chi connectivity index (χ0v) is 28.7. The molecule has 2 aliphatic rings. The van der Waals surface area contributed by atoms with E-state index in [0.29, 0.717) is 11.8 Å². The van der Waals surface area contributed by atoms with Gasteiger partial charge in [0.2, 0.25) is 0 Å².